The molecule has 1 aliphatic carbocycles. The lowest BCUT2D eigenvalue weighted by Gasteiger charge is -2.29. The van der Waals surface area contributed by atoms with Crippen LogP contribution in [0, 0.1) is 12.8 Å². The molecule has 8 nitrogen and oxygen atoms in total. The highest BCUT2D eigenvalue weighted by Crippen LogP contribution is 2.57. The van der Waals surface area contributed by atoms with Crippen LogP contribution in [-0.2, 0) is 21.5 Å². The smallest absolute Gasteiger partial charge is 0.194 e. The van der Waals surface area contributed by atoms with Crippen LogP contribution in [0.2, 0.25) is 0 Å². The number of carbonyl (C=O) groups excluding carboxylic acids is 3. The Morgan fingerprint density at radius 3 is 2.35 bits per heavy atom. The van der Waals surface area contributed by atoms with Crippen LogP contribution in [0.4, 0.5) is 0 Å². The zero-order valence-corrected chi connectivity index (χ0v) is 21.8. The molecule has 4 rings (SSSR count). The van der Waals surface area contributed by atoms with Crippen molar-refractivity contribution >= 4 is 17.3 Å². The molecule has 0 spiro atoms. The largest absolute Gasteiger partial charge is 0.507 e. The van der Waals surface area contributed by atoms with Gasteiger partial charge >= 0.3 is 0 Å². The second-order valence-corrected chi connectivity index (χ2v) is 10.1. The second-order valence-electron chi connectivity index (χ2n) is 10.1. The van der Waals surface area contributed by atoms with Gasteiger partial charge in [0.25, 0.3) is 0 Å². The van der Waals surface area contributed by atoms with Crippen molar-refractivity contribution in [3.8, 4) is 23.0 Å². The fourth-order valence-electron chi connectivity index (χ4n) is 4.65. The van der Waals surface area contributed by atoms with Crippen molar-refractivity contribution in [3.05, 3.63) is 69.6 Å². The van der Waals surface area contributed by atoms with Crippen LogP contribution >= 0.6 is 0 Å². The first kappa shape index (κ1) is 26.0. The molecule has 0 aromatic heterocycles. The van der Waals surface area contributed by atoms with Gasteiger partial charge in [0.2, 0.25) is 0 Å². The van der Waals surface area contributed by atoms with Gasteiger partial charge in [-0.1, -0.05) is 26.0 Å². The molecule has 2 aliphatic rings. The zero-order valence-electron chi connectivity index (χ0n) is 21.8. The number of allylic oxidation sites excluding steroid dienone is 4. The first-order chi connectivity index (χ1) is 17.4. The maximum absolute atomic E-state index is 13.8. The Morgan fingerprint density at radius 1 is 1.11 bits per heavy atom. The Morgan fingerprint density at radius 2 is 1.76 bits per heavy atom. The SMILES string of the molecule is CC(=O)c1c(O)c(C)c(O)c2c1OC1=CC(=O)/C(=C(/C)NCc3ccc(OCC(C)C)cc3)C(=O)[C@@]12C. The molecule has 0 bridgehead atoms. The van der Waals surface area contributed by atoms with Gasteiger partial charge in [-0.3, -0.25) is 14.4 Å². The number of rotatable bonds is 7. The molecule has 0 radical (unpaired) electrons. The molecule has 37 heavy (non-hydrogen) atoms. The summed E-state index contributed by atoms with van der Waals surface area (Å²) in [5.74, 6) is -1.28. The van der Waals surface area contributed by atoms with E-state index in [1.54, 1.807) is 13.8 Å². The summed E-state index contributed by atoms with van der Waals surface area (Å²) in [6, 6.07) is 7.55. The second kappa shape index (κ2) is 9.42. The highest BCUT2D eigenvalue weighted by molar-refractivity contribution is 6.31. The van der Waals surface area contributed by atoms with Crippen LogP contribution in [0.1, 0.15) is 61.7 Å². The Hall–Kier alpha value is -4.07. The van der Waals surface area contributed by atoms with E-state index in [9.17, 15) is 24.6 Å². The van der Waals surface area contributed by atoms with Crippen molar-refractivity contribution in [2.75, 3.05) is 6.61 Å². The summed E-state index contributed by atoms with van der Waals surface area (Å²) < 4.78 is 11.5. The molecule has 2 aromatic rings. The molecule has 0 fully saturated rings. The molecule has 1 heterocycles. The number of nitrogens with one attached hydrogen (secondary N) is 1. The summed E-state index contributed by atoms with van der Waals surface area (Å²) in [4.78, 5) is 39.2. The van der Waals surface area contributed by atoms with Crippen molar-refractivity contribution < 1.29 is 34.1 Å². The number of fused-ring (bicyclic) bond motifs is 3. The van der Waals surface area contributed by atoms with E-state index in [-0.39, 0.29) is 39.5 Å². The number of carbonyl (C=O) groups is 3. The predicted octanol–water partition coefficient (Wildman–Crippen LogP) is 4.39. The van der Waals surface area contributed by atoms with Gasteiger partial charge < -0.3 is 25.0 Å². The third-order valence-corrected chi connectivity index (χ3v) is 6.82. The van der Waals surface area contributed by atoms with Crippen LogP contribution in [0.3, 0.4) is 0 Å². The lowest BCUT2D eigenvalue weighted by atomic mass is 9.70. The molecule has 1 aliphatic heterocycles. The van der Waals surface area contributed by atoms with E-state index in [4.69, 9.17) is 9.47 Å². The molecule has 0 saturated heterocycles. The minimum absolute atomic E-state index is 0.00818. The summed E-state index contributed by atoms with van der Waals surface area (Å²) in [5.41, 5.74) is -0.303. The molecule has 3 N–H and O–H groups in total. The molecule has 194 valence electrons. The van der Waals surface area contributed by atoms with Crippen molar-refractivity contribution in [2.45, 2.75) is 53.5 Å². The first-order valence-electron chi connectivity index (χ1n) is 12.1. The lowest BCUT2D eigenvalue weighted by Crippen LogP contribution is -2.41. The fraction of sp³-hybridized carbons (Fsp3) is 0.345. The molecule has 2 aromatic carbocycles. The molecule has 0 unspecified atom stereocenters. The van der Waals surface area contributed by atoms with E-state index < -0.39 is 28.5 Å². The van der Waals surface area contributed by atoms with Crippen LogP contribution in [0.5, 0.6) is 23.0 Å². The average molecular weight is 506 g/mol. The highest BCUT2D eigenvalue weighted by Gasteiger charge is 2.56. The van der Waals surface area contributed by atoms with Gasteiger partial charge in [0.15, 0.2) is 17.3 Å². The standard InChI is InChI=1S/C29H31NO7/c1-14(2)13-36-19-9-7-18(8-10-19)12-30-16(4)22-20(32)11-21-29(6,28(22)35)24-26(34)15(3)25(33)23(17(5)31)27(24)37-21/h7-11,14,30,33-34H,12-13H2,1-6H3/b22-16+/t29-/m0/s1. The molecule has 8 heteroatoms. The summed E-state index contributed by atoms with van der Waals surface area (Å²) >= 11 is 0. The van der Waals surface area contributed by atoms with E-state index in [0.717, 1.165) is 11.3 Å². The number of ketones is 3. The monoisotopic (exact) mass is 505 g/mol. The van der Waals surface area contributed by atoms with Gasteiger partial charge in [-0.25, -0.2) is 0 Å². The maximum atomic E-state index is 13.8. The number of phenolic OH excluding ortho intramolecular Hbond substituents is 2. The normalized spacial score (nSPS) is 19.7. The topological polar surface area (TPSA) is 122 Å². The molecule has 0 saturated carbocycles. The maximum Gasteiger partial charge on any atom is 0.194 e. The van der Waals surface area contributed by atoms with Gasteiger partial charge in [-0.15, -0.1) is 0 Å². The minimum Gasteiger partial charge on any atom is -0.507 e. The number of benzene rings is 2. The molecule has 1 atom stereocenters. The van der Waals surface area contributed by atoms with Gasteiger partial charge in [-0.2, -0.15) is 0 Å². The number of aromatic hydroxyl groups is 2. The summed E-state index contributed by atoms with van der Waals surface area (Å²) in [5, 5.41) is 24.5. The summed E-state index contributed by atoms with van der Waals surface area (Å²) in [6.45, 7) is 11.0. The Kier molecular flexibility index (Phi) is 6.62. The average Bonchev–Trinajstić information content (AvgIpc) is 3.13. The Bertz CT molecular complexity index is 1380. The molecule has 0 amide bonds. The van der Waals surface area contributed by atoms with E-state index in [1.807, 2.05) is 24.3 Å². The molecular weight excluding hydrogens is 474 g/mol. The van der Waals surface area contributed by atoms with Gasteiger partial charge in [-0.05, 0) is 51.3 Å². The van der Waals surface area contributed by atoms with E-state index in [1.165, 1.54) is 19.9 Å². The van der Waals surface area contributed by atoms with Crippen molar-refractivity contribution in [3.63, 3.8) is 0 Å². The van der Waals surface area contributed by atoms with Crippen LogP contribution < -0.4 is 14.8 Å². The van der Waals surface area contributed by atoms with Gasteiger partial charge in [0, 0.05) is 23.9 Å². The Balaban J connectivity index is 1.67. The van der Waals surface area contributed by atoms with Crippen molar-refractivity contribution in [1.29, 1.82) is 0 Å². The summed E-state index contributed by atoms with van der Waals surface area (Å²) in [6.07, 6.45) is 1.21. The van der Waals surface area contributed by atoms with Crippen molar-refractivity contribution in [2.24, 2.45) is 5.92 Å². The molecular formula is C29H31NO7. The zero-order chi connectivity index (χ0) is 27.2. The first-order valence-corrected chi connectivity index (χ1v) is 12.1. The predicted molar refractivity (Wildman–Crippen MR) is 137 cm³/mol. The highest BCUT2D eigenvalue weighted by atomic mass is 16.5. The number of ether oxygens (including phenoxy) is 2. The third-order valence-electron chi connectivity index (χ3n) is 6.82. The van der Waals surface area contributed by atoms with Gasteiger partial charge in [0.05, 0.1) is 17.7 Å². The third kappa shape index (κ3) is 4.26. The number of Topliss-reactive ketones (excluding diaryl/α,β-unsaturated/α-hetero) is 2. The van der Waals surface area contributed by atoms with Crippen LogP contribution in [0.15, 0.2) is 47.4 Å². The fourth-order valence-corrected chi connectivity index (χ4v) is 4.65. The number of hydrogen-bond acceptors (Lipinski definition) is 8. The van der Waals surface area contributed by atoms with Gasteiger partial charge in [0.1, 0.15) is 39.7 Å². The van der Waals surface area contributed by atoms with E-state index in [0.29, 0.717) is 24.8 Å². The lowest BCUT2D eigenvalue weighted by molar-refractivity contribution is -0.123. The van der Waals surface area contributed by atoms with E-state index in [2.05, 4.69) is 19.2 Å². The van der Waals surface area contributed by atoms with Crippen LogP contribution in [0.25, 0.3) is 0 Å². The summed E-state index contributed by atoms with van der Waals surface area (Å²) in [7, 11) is 0. The Labute approximate surface area is 215 Å². The van der Waals surface area contributed by atoms with E-state index >= 15 is 0 Å². The number of hydrogen-bond donors (Lipinski definition) is 3. The number of phenols is 2. The quantitative estimate of drug-likeness (QED) is 0.288. The van der Waals surface area contributed by atoms with Crippen molar-refractivity contribution in [1.82, 2.24) is 5.32 Å². The van der Waals surface area contributed by atoms with Crippen LogP contribution in [-0.4, -0.2) is 34.2 Å². The minimum atomic E-state index is -1.54.